The van der Waals surface area contributed by atoms with Crippen LogP contribution in [0.25, 0.3) is 10.8 Å². The topological polar surface area (TPSA) is 49.4 Å². The van der Waals surface area contributed by atoms with E-state index in [-0.39, 0.29) is 11.8 Å². The van der Waals surface area contributed by atoms with Crippen LogP contribution in [0.15, 0.2) is 60.7 Å². The quantitative estimate of drug-likeness (QED) is 0.718. The van der Waals surface area contributed by atoms with Crippen molar-refractivity contribution in [2.75, 3.05) is 11.4 Å². The average Bonchev–Trinajstić information content (AvgIpc) is 2.95. The van der Waals surface area contributed by atoms with E-state index in [0.717, 1.165) is 27.6 Å². The molecule has 1 aliphatic heterocycles. The van der Waals surface area contributed by atoms with Gasteiger partial charge in [-0.3, -0.25) is 9.59 Å². The molecule has 0 aliphatic carbocycles. The fourth-order valence-electron chi connectivity index (χ4n) is 3.71. The Morgan fingerprint density at radius 2 is 1.81 bits per heavy atom. The molecule has 3 aromatic rings. The van der Waals surface area contributed by atoms with Gasteiger partial charge in [-0.25, -0.2) is 0 Å². The molecule has 0 bridgehead atoms. The van der Waals surface area contributed by atoms with Crippen molar-refractivity contribution in [1.29, 1.82) is 0 Å². The smallest absolute Gasteiger partial charge is 0.258 e. The number of carbonyl (C=O) groups excluding carboxylic acids is 2. The van der Waals surface area contributed by atoms with Crippen molar-refractivity contribution in [3.05, 3.63) is 77.4 Å². The van der Waals surface area contributed by atoms with Crippen LogP contribution in [0.3, 0.4) is 0 Å². The third kappa shape index (κ3) is 3.43. The summed E-state index contributed by atoms with van der Waals surface area (Å²) in [6.45, 7) is 3.12. The summed E-state index contributed by atoms with van der Waals surface area (Å²) in [6.07, 6.45) is 1.04. The zero-order chi connectivity index (χ0) is 18.8. The van der Waals surface area contributed by atoms with E-state index in [2.05, 4.69) is 11.4 Å². The molecule has 4 nitrogen and oxygen atoms in total. The first-order valence-corrected chi connectivity index (χ1v) is 9.29. The van der Waals surface area contributed by atoms with Gasteiger partial charge < -0.3 is 10.2 Å². The minimum atomic E-state index is 0.0128. The van der Waals surface area contributed by atoms with Gasteiger partial charge in [0, 0.05) is 30.5 Å². The third-order valence-electron chi connectivity index (χ3n) is 5.01. The zero-order valence-corrected chi connectivity index (χ0v) is 15.4. The van der Waals surface area contributed by atoms with Gasteiger partial charge in [0.25, 0.3) is 5.91 Å². The van der Waals surface area contributed by atoms with Crippen molar-refractivity contribution in [2.45, 2.75) is 26.3 Å². The first-order chi connectivity index (χ1) is 13.1. The molecule has 4 heteroatoms. The van der Waals surface area contributed by atoms with Crippen LogP contribution in [0.4, 0.5) is 5.69 Å². The van der Waals surface area contributed by atoms with Gasteiger partial charge in [-0.2, -0.15) is 0 Å². The lowest BCUT2D eigenvalue weighted by atomic mass is 10.1. The summed E-state index contributed by atoms with van der Waals surface area (Å²) < 4.78 is 0. The van der Waals surface area contributed by atoms with Crippen LogP contribution in [0.5, 0.6) is 0 Å². The first kappa shape index (κ1) is 17.3. The van der Waals surface area contributed by atoms with Crippen molar-refractivity contribution in [1.82, 2.24) is 5.32 Å². The Labute approximate surface area is 158 Å². The Hall–Kier alpha value is -3.14. The molecule has 3 aromatic carbocycles. The third-order valence-corrected chi connectivity index (χ3v) is 5.01. The molecule has 2 amide bonds. The van der Waals surface area contributed by atoms with Crippen molar-refractivity contribution >= 4 is 28.3 Å². The van der Waals surface area contributed by atoms with E-state index in [0.29, 0.717) is 25.9 Å². The molecular formula is C23H22N2O2. The lowest BCUT2D eigenvalue weighted by molar-refractivity contribution is -0.121. The van der Waals surface area contributed by atoms with Crippen molar-refractivity contribution < 1.29 is 9.59 Å². The van der Waals surface area contributed by atoms with E-state index < -0.39 is 0 Å². The molecule has 1 heterocycles. The Morgan fingerprint density at radius 1 is 1.04 bits per heavy atom. The van der Waals surface area contributed by atoms with E-state index >= 15 is 0 Å². The highest BCUT2D eigenvalue weighted by Crippen LogP contribution is 2.37. The van der Waals surface area contributed by atoms with Gasteiger partial charge in [0.15, 0.2) is 0 Å². The Bertz CT molecular complexity index is 1020. The minimum absolute atomic E-state index is 0.0128. The predicted octanol–water partition coefficient (Wildman–Crippen LogP) is 4.21. The van der Waals surface area contributed by atoms with E-state index in [1.807, 2.05) is 61.5 Å². The van der Waals surface area contributed by atoms with E-state index in [9.17, 15) is 9.59 Å². The number of hydrogen-bond donors (Lipinski definition) is 1. The number of nitrogens with one attached hydrogen (secondary N) is 1. The fraction of sp³-hybridized carbons (Fsp3) is 0.217. The molecule has 1 N–H and O–H groups in total. The molecule has 1 aliphatic rings. The summed E-state index contributed by atoms with van der Waals surface area (Å²) >= 11 is 0. The molecule has 0 spiro atoms. The Balaban J connectivity index is 1.34. The molecule has 27 heavy (non-hydrogen) atoms. The largest absolute Gasteiger partial charge is 0.352 e. The second-order valence-electron chi connectivity index (χ2n) is 7.01. The normalized spacial score (nSPS) is 12.6. The standard InChI is InChI=1S/C23H22N2O2/c1-16-6-2-7-17(14-16)15-24-21(26)12-5-13-25-20-11-4-9-18-8-3-10-19(22(18)20)23(25)27/h2-4,6-11,14H,5,12-13,15H2,1H3,(H,24,26). The molecule has 0 saturated heterocycles. The van der Waals surface area contributed by atoms with Gasteiger partial charge in [-0.05, 0) is 36.4 Å². The highest BCUT2D eigenvalue weighted by Gasteiger charge is 2.28. The second kappa shape index (κ2) is 7.23. The lowest BCUT2D eigenvalue weighted by Crippen LogP contribution is -2.29. The van der Waals surface area contributed by atoms with Gasteiger partial charge in [0.05, 0.1) is 5.69 Å². The van der Waals surface area contributed by atoms with Crippen LogP contribution >= 0.6 is 0 Å². The maximum absolute atomic E-state index is 12.7. The monoisotopic (exact) mass is 358 g/mol. The van der Waals surface area contributed by atoms with Gasteiger partial charge in [0.2, 0.25) is 5.91 Å². The van der Waals surface area contributed by atoms with Crippen LogP contribution in [0.2, 0.25) is 0 Å². The number of benzene rings is 3. The Morgan fingerprint density at radius 3 is 2.63 bits per heavy atom. The predicted molar refractivity (Wildman–Crippen MR) is 108 cm³/mol. The number of aryl methyl sites for hydroxylation is 1. The number of carbonyl (C=O) groups is 2. The molecule has 4 rings (SSSR count). The summed E-state index contributed by atoms with van der Waals surface area (Å²) in [4.78, 5) is 26.7. The maximum atomic E-state index is 12.7. The van der Waals surface area contributed by atoms with Crippen LogP contribution in [-0.4, -0.2) is 18.4 Å². The van der Waals surface area contributed by atoms with Gasteiger partial charge >= 0.3 is 0 Å². The number of anilines is 1. The van der Waals surface area contributed by atoms with Gasteiger partial charge in [-0.15, -0.1) is 0 Å². The summed E-state index contributed by atoms with van der Waals surface area (Å²) in [6, 6.07) is 19.9. The number of amides is 2. The van der Waals surface area contributed by atoms with E-state index in [1.54, 1.807) is 4.90 Å². The van der Waals surface area contributed by atoms with Crippen molar-refractivity contribution in [2.24, 2.45) is 0 Å². The molecule has 0 saturated carbocycles. The van der Waals surface area contributed by atoms with Crippen LogP contribution in [-0.2, 0) is 11.3 Å². The zero-order valence-electron chi connectivity index (χ0n) is 15.4. The highest BCUT2D eigenvalue weighted by molar-refractivity contribution is 6.25. The van der Waals surface area contributed by atoms with Crippen molar-refractivity contribution in [3.8, 4) is 0 Å². The van der Waals surface area contributed by atoms with E-state index in [4.69, 9.17) is 0 Å². The summed E-state index contributed by atoms with van der Waals surface area (Å²) in [5.74, 6) is 0.0424. The minimum Gasteiger partial charge on any atom is -0.352 e. The molecule has 136 valence electrons. The molecule has 0 unspecified atom stereocenters. The van der Waals surface area contributed by atoms with Crippen LogP contribution < -0.4 is 10.2 Å². The van der Waals surface area contributed by atoms with Crippen LogP contribution in [0.1, 0.15) is 34.3 Å². The summed E-state index contributed by atoms with van der Waals surface area (Å²) in [5, 5.41) is 5.06. The number of rotatable bonds is 6. The summed E-state index contributed by atoms with van der Waals surface area (Å²) in [5.41, 5.74) is 3.99. The lowest BCUT2D eigenvalue weighted by Gasteiger charge is -2.17. The number of hydrogen-bond acceptors (Lipinski definition) is 2. The second-order valence-corrected chi connectivity index (χ2v) is 7.01. The highest BCUT2D eigenvalue weighted by atomic mass is 16.2. The van der Waals surface area contributed by atoms with Gasteiger partial charge in [-0.1, -0.05) is 54.1 Å². The first-order valence-electron chi connectivity index (χ1n) is 9.29. The Kier molecular flexibility index (Phi) is 4.63. The SMILES string of the molecule is Cc1cccc(CNC(=O)CCCN2C(=O)c3cccc4cccc2c34)c1. The van der Waals surface area contributed by atoms with E-state index in [1.165, 1.54) is 5.56 Å². The molecule has 0 radical (unpaired) electrons. The molecule has 0 fully saturated rings. The average molecular weight is 358 g/mol. The molecule has 0 aromatic heterocycles. The molecular weight excluding hydrogens is 336 g/mol. The van der Waals surface area contributed by atoms with Crippen molar-refractivity contribution in [3.63, 3.8) is 0 Å². The number of nitrogens with zero attached hydrogens (tertiary/aromatic N) is 1. The molecule has 0 atom stereocenters. The van der Waals surface area contributed by atoms with Gasteiger partial charge in [0.1, 0.15) is 0 Å². The summed E-state index contributed by atoms with van der Waals surface area (Å²) in [7, 11) is 0. The van der Waals surface area contributed by atoms with Crippen LogP contribution in [0, 0.1) is 6.92 Å². The fourth-order valence-corrected chi connectivity index (χ4v) is 3.71. The maximum Gasteiger partial charge on any atom is 0.258 e.